The molecule has 1 aromatic carbocycles. The Bertz CT molecular complexity index is 361. The number of rotatable bonds is 6. The Morgan fingerprint density at radius 3 is 2.59 bits per heavy atom. The summed E-state index contributed by atoms with van der Waals surface area (Å²) in [6.07, 6.45) is 1.04. The Balaban J connectivity index is 2.75. The number of aromatic hydroxyl groups is 1. The fourth-order valence-corrected chi connectivity index (χ4v) is 1.44. The van der Waals surface area contributed by atoms with Gasteiger partial charge < -0.3 is 15.2 Å². The molecule has 0 radical (unpaired) electrons. The number of nitrogens with one attached hydrogen (secondary N) is 1. The van der Waals surface area contributed by atoms with Crippen molar-refractivity contribution in [2.75, 3.05) is 6.61 Å². The predicted octanol–water partition coefficient (Wildman–Crippen LogP) is 3.07. The number of hydrogen-bond acceptors (Lipinski definition) is 3. The number of hydrogen-bond donors (Lipinski definition) is 2. The summed E-state index contributed by atoms with van der Waals surface area (Å²) < 4.78 is 5.36. The second-order valence-electron chi connectivity index (χ2n) is 4.79. The Morgan fingerprint density at radius 1 is 1.29 bits per heavy atom. The molecule has 96 valence electrons. The maximum Gasteiger partial charge on any atom is 0.162 e. The van der Waals surface area contributed by atoms with Crippen LogP contribution in [0.2, 0.25) is 0 Å². The topological polar surface area (TPSA) is 41.5 Å². The highest BCUT2D eigenvalue weighted by Gasteiger charge is 2.15. The maximum atomic E-state index is 10.0. The SMILES string of the molecule is CCOc1cccc(CNC(C)(C)CC)c1O. The van der Waals surface area contributed by atoms with Crippen molar-refractivity contribution in [2.45, 2.75) is 46.2 Å². The average molecular weight is 237 g/mol. The lowest BCUT2D eigenvalue weighted by atomic mass is 10.0. The van der Waals surface area contributed by atoms with Gasteiger partial charge in [-0.15, -0.1) is 0 Å². The van der Waals surface area contributed by atoms with Gasteiger partial charge in [0.2, 0.25) is 0 Å². The van der Waals surface area contributed by atoms with Gasteiger partial charge in [0.1, 0.15) is 0 Å². The number of benzene rings is 1. The molecule has 17 heavy (non-hydrogen) atoms. The summed E-state index contributed by atoms with van der Waals surface area (Å²) >= 11 is 0. The van der Waals surface area contributed by atoms with Gasteiger partial charge in [0.05, 0.1) is 6.61 Å². The van der Waals surface area contributed by atoms with Crippen molar-refractivity contribution in [3.8, 4) is 11.5 Å². The molecule has 0 amide bonds. The van der Waals surface area contributed by atoms with Gasteiger partial charge in [-0.25, -0.2) is 0 Å². The van der Waals surface area contributed by atoms with Crippen LogP contribution in [0.5, 0.6) is 11.5 Å². The van der Waals surface area contributed by atoms with Crippen LogP contribution in [0.4, 0.5) is 0 Å². The zero-order chi connectivity index (χ0) is 12.9. The molecule has 0 aromatic heterocycles. The molecule has 3 heteroatoms. The van der Waals surface area contributed by atoms with Crippen molar-refractivity contribution < 1.29 is 9.84 Å². The molecule has 0 atom stereocenters. The Morgan fingerprint density at radius 2 is 2.00 bits per heavy atom. The van der Waals surface area contributed by atoms with Crippen LogP contribution in [-0.2, 0) is 6.54 Å². The van der Waals surface area contributed by atoms with E-state index in [1.165, 1.54) is 0 Å². The summed E-state index contributed by atoms with van der Waals surface area (Å²) in [6.45, 7) is 9.55. The minimum atomic E-state index is 0.0774. The van der Waals surface area contributed by atoms with E-state index in [0.29, 0.717) is 18.9 Å². The number of phenols is 1. The molecule has 0 spiro atoms. The first-order valence-corrected chi connectivity index (χ1v) is 6.19. The van der Waals surface area contributed by atoms with E-state index < -0.39 is 0 Å². The van der Waals surface area contributed by atoms with Crippen LogP contribution in [0.25, 0.3) is 0 Å². The zero-order valence-electron chi connectivity index (χ0n) is 11.2. The van der Waals surface area contributed by atoms with Crippen LogP contribution < -0.4 is 10.1 Å². The van der Waals surface area contributed by atoms with E-state index in [9.17, 15) is 5.11 Å². The Hall–Kier alpha value is -1.22. The molecule has 0 aliphatic rings. The number of phenolic OH excluding ortho intramolecular Hbond substituents is 1. The minimum absolute atomic E-state index is 0.0774. The van der Waals surface area contributed by atoms with Gasteiger partial charge >= 0.3 is 0 Å². The summed E-state index contributed by atoms with van der Waals surface area (Å²) in [5, 5.41) is 13.4. The minimum Gasteiger partial charge on any atom is -0.504 e. The standard InChI is InChI=1S/C14H23NO2/c1-5-14(3,4)15-10-11-8-7-9-12(13(11)16)17-6-2/h7-9,15-16H,5-6,10H2,1-4H3. The summed E-state index contributed by atoms with van der Waals surface area (Å²) in [5.41, 5.74) is 0.950. The van der Waals surface area contributed by atoms with Crippen LogP contribution in [-0.4, -0.2) is 17.3 Å². The molecule has 0 saturated heterocycles. The summed E-state index contributed by atoms with van der Waals surface area (Å²) in [4.78, 5) is 0. The van der Waals surface area contributed by atoms with Crippen molar-refractivity contribution >= 4 is 0 Å². The summed E-state index contributed by atoms with van der Waals surface area (Å²) in [6, 6.07) is 5.60. The van der Waals surface area contributed by atoms with Gasteiger partial charge in [0, 0.05) is 17.6 Å². The third-order valence-electron chi connectivity index (χ3n) is 3.02. The lowest BCUT2D eigenvalue weighted by molar-refractivity contribution is 0.314. The number of ether oxygens (including phenoxy) is 1. The van der Waals surface area contributed by atoms with Crippen molar-refractivity contribution in [3.63, 3.8) is 0 Å². The van der Waals surface area contributed by atoms with Gasteiger partial charge in [-0.1, -0.05) is 19.1 Å². The Labute approximate surface area is 104 Å². The van der Waals surface area contributed by atoms with E-state index in [4.69, 9.17) is 4.74 Å². The van der Waals surface area contributed by atoms with Gasteiger partial charge in [0.25, 0.3) is 0 Å². The molecule has 0 saturated carbocycles. The fraction of sp³-hybridized carbons (Fsp3) is 0.571. The van der Waals surface area contributed by atoms with Crippen molar-refractivity contribution in [1.82, 2.24) is 5.32 Å². The highest BCUT2D eigenvalue weighted by molar-refractivity contribution is 5.45. The molecule has 0 heterocycles. The quantitative estimate of drug-likeness (QED) is 0.799. The summed E-state index contributed by atoms with van der Waals surface area (Å²) in [7, 11) is 0. The van der Waals surface area contributed by atoms with Gasteiger partial charge in [0.15, 0.2) is 11.5 Å². The predicted molar refractivity (Wildman–Crippen MR) is 70.5 cm³/mol. The lowest BCUT2D eigenvalue weighted by Gasteiger charge is -2.25. The zero-order valence-corrected chi connectivity index (χ0v) is 11.2. The first kappa shape index (κ1) is 13.8. The largest absolute Gasteiger partial charge is 0.504 e. The van der Waals surface area contributed by atoms with Crippen molar-refractivity contribution in [1.29, 1.82) is 0 Å². The molecule has 2 N–H and O–H groups in total. The first-order valence-electron chi connectivity index (χ1n) is 6.19. The van der Waals surface area contributed by atoms with Crippen LogP contribution in [0, 0.1) is 0 Å². The normalized spacial score (nSPS) is 11.5. The molecule has 3 nitrogen and oxygen atoms in total. The van der Waals surface area contributed by atoms with Gasteiger partial charge in [-0.05, 0) is 33.3 Å². The van der Waals surface area contributed by atoms with Crippen molar-refractivity contribution in [3.05, 3.63) is 23.8 Å². The van der Waals surface area contributed by atoms with Crippen LogP contribution in [0.1, 0.15) is 39.7 Å². The van der Waals surface area contributed by atoms with Gasteiger partial charge in [-0.2, -0.15) is 0 Å². The molecule has 1 rings (SSSR count). The van der Waals surface area contributed by atoms with Gasteiger partial charge in [-0.3, -0.25) is 0 Å². The Kier molecular flexibility index (Phi) is 4.82. The van der Waals surface area contributed by atoms with Crippen molar-refractivity contribution in [2.24, 2.45) is 0 Å². The summed E-state index contributed by atoms with van der Waals surface area (Å²) in [5.74, 6) is 0.801. The van der Waals surface area contributed by atoms with E-state index in [1.807, 2.05) is 19.1 Å². The van der Waals surface area contributed by atoms with E-state index in [0.717, 1.165) is 12.0 Å². The lowest BCUT2D eigenvalue weighted by Crippen LogP contribution is -2.37. The van der Waals surface area contributed by atoms with Crippen LogP contribution in [0.3, 0.4) is 0 Å². The maximum absolute atomic E-state index is 10.0. The highest BCUT2D eigenvalue weighted by atomic mass is 16.5. The van der Waals surface area contributed by atoms with Crippen LogP contribution in [0.15, 0.2) is 18.2 Å². The average Bonchev–Trinajstić information content (AvgIpc) is 2.31. The molecule has 0 bridgehead atoms. The monoisotopic (exact) mass is 237 g/mol. The molecule has 1 aromatic rings. The molecule has 0 aliphatic heterocycles. The number of para-hydroxylation sites is 1. The molecule has 0 fully saturated rings. The smallest absolute Gasteiger partial charge is 0.162 e. The third kappa shape index (κ3) is 3.93. The second kappa shape index (κ2) is 5.92. The molecular formula is C14H23NO2. The molecular weight excluding hydrogens is 214 g/mol. The molecule has 0 aliphatic carbocycles. The first-order chi connectivity index (χ1) is 8.00. The highest BCUT2D eigenvalue weighted by Crippen LogP contribution is 2.30. The van der Waals surface area contributed by atoms with E-state index in [-0.39, 0.29) is 11.3 Å². The third-order valence-corrected chi connectivity index (χ3v) is 3.02. The fourth-order valence-electron chi connectivity index (χ4n) is 1.44. The van der Waals surface area contributed by atoms with Crippen LogP contribution >= 0.6 is 0 Å². The van der Waals surface area contributed by atoms with E-state index >= 15 is 0 Å². The second-order valence-corrected chi connectivity index (χ2v) is 4.79. The van der Waals surface area contributed by atoms with E-state index in [1.54, 1.807) is 6.07 Å². The molecule has 0 unspecified atom stereocenters. The van der Waals surface area contributed by atoms with E-state index in [2.05, 4.69) is 26.1 Å².